The highest BCUT2D eigenvalue weighted by molar-refractivity contribution is 8.13. The number of carbonyl (C=O) groups is 3. The highest BCUT2D eigenvalue weighted by Crippen LogP contribution is 2.14. The quantitative estimate of drug-likeness (QED) is 0.366. The van der Waals surface area contributed by atoms with Gasteiger partial charge in [-0.3, -0.25) is 24.4 Å². The van der Waals surface area contributed by atoms with Crippen molar-refractivity contribution in [1.29, 1.82) is 0 Å². The van der Waals surface area contributed by atoms with Crippen LogP contribution in [0, 0.1) is 0 Å². The number of allylic oxidation sites excluding steroid dienone is 1. The lowest BCUT2D eigenvalue weighted by molar-refractivity contribution is -0.148. The third-order valence-electron chi connectivity index (χ3n) is 4.14. The zero-order valence-corrected chi connectivity index (χ0v) is 18.7. The fraction of sp³-hybridized carbons (Fsp3) is 0.450. The first-order valence-electron chi connectivity index (χ1n) is 9.51. The molecule has 2 rings (SSSR count). The average Bonchev–Trinajstić information content (AvgIpc) is 2.73. The Morgan fingerprint density at radius 2 is 2.10 bits per heavy atom. The lowest BCUT2D eigenvalue weighted by atomic mass is 10.2. The van der Waals surface area contributed by atoms with Crippen LogP contribution in [0.15, 0.2) is 35.5 Å². The summed E-state index contributed by atoms with van der Waals surface area (Å²) in [5, 5.41) is 6.00. The van der Waals surface area contributed by atoms with Crippen LogP contribution in [0.1, 0.15) is 31.0 Å². The van der Waals surface area contributed by atoms with Gasteiger partial charge in [0.05, 0.1) is 23.7 Å². The number of ether oxygens (including phenoxy) is 1. The van der Waals surface area contributed by atoms with Crippen LogP contribution in [-0.4, -0.2) is 58.5 Å². The van der Waals surface area contributed by atoms with Gasteiger partial charge in [0.2, 0.25) is 11.8 Å². The van der Waals surface area contributed by atoms with E-state index in [1.807, 2.05) is 12.3 Å². The lowest BCUT2D eigenvalue weighted by Crippen LogP contribution is -2.38. The summed E-state index contributed by atoms with van der Waals surface area (Å²) < 4.78 is 5.36. The summed E-state index contributed by atoms with van der Waals surface area (Å²) in [6.07, 6.45) is 6.88. The van der Waals surface area contributed by atoms with Gasteiger partial charge in [-0.1, -0.05) is 6.08 Å². The number of aliphatic imine (C=N–C) groups is 1. The third kappa shape index (κ3) is 7.83. The second-order valence-electron chi connectivity index (χ2n) is 6.52. The van der Waals surface area contributed by atoms with Gasteiger partial charge in [-0.2, -0.15) is 12.6 Å². The largest absolute Gasteiger partial charge is 0.456 e. The van der Waals surface area contributed by atoms with E-state index in [0.717, 1.165) is 5.56 Å². The van der Waals surface area contributed by atoms with Crippen molar-refractivity contribution < 1.29 is 19.1 Å². The minimum Gasteiger partial charge on any atom is -0.456 e. The second kappa shape index (κ2) is 12.4. The molecular weight excluding hydrogens is 424 g/mol. The Bertz CT molecular complexity index is 829. The Hall–Kier alpha value is -2.33. The number of thioether (sulfide) groups is 1. The molecule has 2 unspecified atom stereocenters. The fourth-order valence-electron chi connectivity index (χ4n) is 2.62. The standard InChI is InChI=1S/C20H26N4O4S2/c1-13-19(27)23-12-18(26)28-16(5-3-4-8-29)10-17(25)22-11-15-9-14(6-7-21-15)20(24-13)30-2/h3,5-7,9,13,16,29H,4,8,10-12H2,1-2H3,(H,22,25)(H,23,27)/b5-3+,24-20?. The van der Waals surface area contributed by atoms with Gasteiger partial charge in [0.25, 0.3) is 0 Å². The molecule has 30 heavy (non-hydrogen) atoms. The first kappa shape index (κ1) is 23.9. The fourth-order valence-corrected chi connectivity index (χ4v) is 3.40. The number of aromatic nitrogens is 1. The van der Waals surface area contributed by atoms with Crippen molar-refractivity contribution in [1.82, 2.24) is 15.6 Å². The molecule has 8 nitrogen and oxygen atoms in total. The third-order valence-corrected chi connectivity index (χ3v) is 5.12. The summed E-state index contributed by atoms with van der Waals surface area (Å²) in [4.78, 5) is 45.6. The van der Waals surface area contributed by atoms with Gasteiger partial charge in [0.15, 0.2) is 0 Å². The number of hydrogen-bond acceptors (Lipinski definition) is 8. The molecule has 10 heteroatoms. The minimum absolute atomic E-state index is 0.0314. The van der Waals surface area contributed by atoms with Gasteiger partial charge in [-0.15, -0.1) is 11.8 Å². The Morgan fingerprint density at radius 3 is 2.83 bits per heavy atom. The molecule has 0 radical (unpaired) electrons. The van der Waals surface area contributed by atoms with Crippen molar-refractivity contribution in [3.63, 3.8) is 0 Å². The van der Waals surface area contributed by atoms with Gasteiger partial charge in [-0.25, -0.2) is 0 Å². The molecule has 0 saturated carbocycles. The maximum atomic E-state index is 12.4. The lowest BCUT2D eigenvalue weighted by Gasteiger charge is -2.16. The van der Waals surface area contributed by atoms with Crippen LogP contribution >= 0.6 is 24.4 Å². The number of nitrogens with one attached hydrogen (secondary N) is 2. The van der Waals surface area contributed by atoms with Crippen LogP contribution in [0.4, 0.5) is 0 Å². The van der Waals surface area contributed by atoms with Crippen molar-refractivity contribution >= 4 is 47.2 Å². The van der Waals surface area contributed by atoms with E-state index >= 15 is 0 Å². The summed E-state index contributed by atoms with van der Waals surface area (Å²) >= 11 is 5.54. The molecule has 1 aliphatic rings. The zero-order valence-electron chi connectivity index (χ0n) is 17.0. The molecule has 1 aromatic heterocycles. The van der Waals surface area contributed by atoms with Crippen LogP contribution < -0.4 is 10.6 Å². The molecule has 0 aliphatic carbocycles. The number of nitrogens with zero attached hydrogens (tertiary/aromatic N) is 2. The maximum Gasteiger partial charge on any atom is 0.326 e. The summed E-state index contributed by atoms with van der Waals surface area (Å²) in [6.45, 7) is 1.59. The van der Waals surface area contributed by atoms with Gasteiger partial charge in [0, 0.05) is 11.8 Å². The maximum absolute atomic E-state index is 12.4. The number of cyclic esters (lactones) is 1. The van der Waals surface area contributed by atoms with Crippen molar-refractivity contribution in [2.45, 2.75) is 38.5 Å². The Morgan fingerprint density at radius 1 is 1.30 bits per heavy atom. The molecule has 2 atom stereocenters. The molecule has 1 aromatic rings. The molecule has 0 aromatic carbocycles. The Labute approximate surface area is 185 Å². The molecule has 2 heterocycles. The summed E-state index contributed by atoms with van der Waals surface area (Å²) in [5.41, 5.74) is 1.46. The van der Waals surface area contributed by atoms with Crippen molar-refractivity contribution in [2.75, 3.05) is 18.6 Å². The van der Waals surface area contributed by atoms with E-state index in [1.54, 1.807) is 31.3 Å². The monoisotopic (exact) mass is 450 g/mol. The van der Waals surface area contributed by atoms with Crippen molar-refractivity contribution in [3.05, 3.63) is 41.7 Å². The van der Waals surface area contributed by atoms with Gasteiger partial charge < -0.3 is 15.4 Å². The Kier molecular flexibility index (Phi) is 9.88. The van der Waals surface area contributed by atoms with Crippen LogP contribution in [0.25, 0.3) is 0 Å². The number of pyridine rings is 1. The summed E-state index contributed by atoms with van der Waals surface area (Å²) in [5.74, 6) is -0.659. The van der Waals surface area contributed by atoms with Crippen molar-refractivity contribution in [2.24, 2.45) is 4.99 Å². The number of thiol groups is 1. The van der Waals surface area contributed by atoms with Crippen molar-refractivity contribution in [3.8, 4) is 0 Å². The van der Waals surface area contributed by atoms with E-state index in [4.69, 9.17) is 4.74 Å². The van der Waals surface area contributed by atoms with E-state index < -0.39 is 18.1 Å². The summed E-state index contributed by atoms with van der Waals surface area (Å²) in [6, 6.07) is 2.94. The van der Waals surface area contributed by atoms with Crippen LogP contribution in [0.2, 0.25) is 0 Å². The normalized spacial score (nSPS) is 21.6. The molecule has 0 spiro atoms. The van der Waals surface area contributed by atoms with E-state index in [-0.39, 0.29) is 31.3 Å². The van der Waals surface area contributed by atoms with Gasteiger partial charge in [0.1, 0.15) is 18.7 Å². The number of rotatable bonds is 3. The average molecular weight is 451 g/mol. The number of amides is 2. The SMILES string of the molecule is CSC1=NC(C)C(=O)NCC(=O)OC(/C=C/CCS)CC(=O)NCc2cc1ccn2. The highest BCUT2D eigenvalue weighted by Gasteiger charge is 2.19. The van der Waals surface area contributed by atoms with Gasteiger partial charge >= 0.3 is 5.97 Å². The number of carbonyl (C=O) groups excluding carboxylic acids is 3. The first-order chi connectivity index (χ1) is 14.4. The molecule has 2 amide bonds. The first-order valence-corrected chi connectivity index (χ1v) is 11.4. The summed E-state index contributed by atoms with van der Waals surface area (Å²) in [7, 11) is 0. The van der Waals surface area contributed by atoms with E-state index in [2.05, 4.69) is 33.2 Å². The number of hydrogen-bond donors (Lipinski definition) is 3. The molecule has 0 fully saturated rings. The van der Waals surface area contributed by atoms with E-state index in [1.165, 1.54) is 11.8 Å². The van der Waals surface area contributed by atoms with Crippen LogP contribution in [0.3, 0.4) is 0 Å². The molecule has 2 bridgehead atoms. The van der Waals surface area contributed by atoms with E-state index in [9.17, 15) is 14.4 Å². The Balaban J connectivity index is 2.28. The molecule has 1 aliphatic heterocycles. The van der Waals surface area contributed by atoms with E-state index in [0.29, 0.717) is 22.9 Å². The predicted octanol–water partition coefficient (Wildman–Crippen LogP) is 1.50. The van der Waals surface area contributed by atoms with Crippen LogP contribution in [0.5, 0.6) is 0 Å². The van der Waals surface area contributed by atoms with Gasteiger partial charge in [-0.05, 0) is 43.6 Å². The number of fused-ring (bicyclic) bond motifs is 2. The predicted molar refractivity (Wildman–Crippen MR) is 121 cm³/mol. The topological polar surface area (TPSA) is 110 Å². The molecule has 2 N–H and O–H groups in total. The molecule has 0 saturated heterocycles. The molecular formula is C20H26N4O4S2. The second-order valence-corrected chi connectivity index (χ2v) is 7.76. The number of esters is 1. The van der Waals surface area contributed by atoms with Crippen LogP contribution in [-0.2, 0) is 25.7 Å². The zero-order chi connectivity index (χ0) is 21.9. The highest BCUT2D eigenvalue weighted by atomic mass is 32.2. The minimum atomic E-state index is -0.736. The smallest absolute Gasteiger partial charge is 0.326 e. The molecule has 162 valence electrons.